The van der Waals surface area contributed by atoms with Crippen LogP contribution in [-0.2, 0) is 14.3 Å². The largest absolute Gasteiger partial charge is 0.454 e. The van der Waals surface area contributed by atoms with Gasteiger partial charge in [-0.1, -0.05) is 18.6 Å². The van der Waals surface area contributed by atoms with Gasteiger partial charge in [-0.25, -0.2) is 4.79 Å². The van der Waals surface area contributed by atoms with Crippen LogP contribution in [0.2, 0.25) is 0 Å². The summed E-state index contributed by atoms with van der Waals surface area (Å²) in [5.74, 6) is -0.00983. The molecule has 5 nitrogen and oxygen atoms in total. The van der Waals surface area contributed by atoms with Crippen molar-refractivity contribution < 1.29 is 24.5 Å². The van der Waals surface area contributed by atoms with Crippen LogP contribution in [-0.4, -0.2) is 46.2 Å². The van der Waals surface area contributed by atoms with Gasteiger partial charge in [0.2, 0.25) is 0 Å². The summed E-state index contributed by atoms with van der Waals surface area (Å²) >= 11 is 0. The summed E-state index contributed by atoms with van der Waals surface area (Å²) in [6.07, 6.45) is 3.61. The molecule has 0 spiro atoms. The average molecular weight is 350 g/mol. The Balaban J connectivity index is 1.97. The van der Waals surface area contributed by atoms with Crippen molar-refractivity contribution in [3.05, 3.63) is 22.8 Å². The van der Waals surface area contributed by atoms with Gasteiger partial charge in [-0.05, 0) is 52.4 Å². The molecule has 25 heavy (non-hydrogen) atoms. The summed E-state index contributed by atoms with van der Waals surface area (Å²) in [6, 6.07) is 0. The number of carbonyl (C=O) groups excluding carboxylic acids is 1. The van der Waals surface area contributed by atoms with E-state index in [0.717, 1.165) is 24.8 Å². The minimum atomic E-state index is -1.16. The summed E-state index contributed by atoms with van der Waals surface area (Å²) in [5, 5.41) is 21.8. The normalized spacial score (nSPS) is 45.0. The maximum Gasteiger partial charge on any atom is 0.334 e. The third-order valence-electron chi connectivity index (χ3n) is 6.18. The summed E-state index contributed by atoms with van der Waals surface area (Å²) < 4.78 is 11.7. The minimum Gasteiger partial charge on any atom is -0.454 e. The molecule has 0 unspecified atom stereocenters. The first kappa shape index (κ1) is 18.6. The topological polar surface area (TPSA) is 76.0 Å². The number of ether oxygens (including phenoxy) is 2. The van der Waals surface area contributed by atoms with Crippen molar-refractivity contribution in [1.29, 1.82) is 0 Å². The number of aliphatic hydroxyl groups excluding tert-OH is 2. The molecule has 3 rings (SSSR count). The smallest absolute Gasteiger partial charge is 0.334 e. The van der Waals surface area contributed by atoms with Crippen LogP contribution >= 0.6 is 0 Å². The van der Waals surface area contributed by atoms with Crippen molar-refractivity contribution in [3.8, 4) is 0 Å². The zero-order chi connectivity index (χ0) is 18.4. The van der Waals surface area contributed by atoms with Gasteiger partial charge in [0, 0.05) is 17.6 Å². The Labute approximate surface area is 149 Å². The summed E-state index contributed by atoms with van der Waals surface area (Å²) in [5.41, 5.74) is 1.24. The third-order valence-corrected chi connectivity index (χ3v) is 6.18. The van der Waals surface area contributed by atoms with Gasteiger partial charge in [0.15, 0.2) is 0 Å². The summed E-state index contributed by atoms with van der Waals surface area (Å²) in [7, 11) is 0. The molecule has 0 aromatic carbocycles. The predicted molar refractivity (Wildman–Crippen MR) is 93.9 cm³/mol. The number of allylic oxidation sites excluding steroid dienone is 1. The molecule has 0 aromatic heterocycles. The fourth-order valence-electron chi connectivity index (χ4n) is 4.37. The molecule has 5 heteroatoms. The molecule has 0 saturated carbocycles. The van der Waals surface area contributed by atoms with Gasteiger partial charge in [-0.15, -0.1) is 0 Å². The van der Waals surface area contributed by atoms with E-state index >= 15 is 0 Å². The number of rotatable bonds is 0. The zero-order valence-corrected chi connectivity index (χ0v) is 15.6. The third kappa shape index (κ3) is 3.42. The molecule has 2 N–H and O–H groups in total. The molecular weight excluding hydrogens is 320 g/mol. The van der Waals surface area contributed by atoms with E-state index in [1.807, 2.05) is 13.8 Å². The van der Waals surface area contributed by atoms with Crippen molar-refractivity contribution in [2.24, 2.45) is 5.92 Å². The fourth-order valence-corrected chi connectivity index (χ4v) is 4.37. The highest BCUT2D eigenvalue weighted by Crippen LogP contribution is 2.41. The SMILES string of the molecule is CC1=C2[C@@H](C/C(C)=C/CC[C@H](C)[C@H]3CC[C@](C)(O3)[C@H](O)[C@H]2O)OC1=O. The van der Waals surface area contributed by atoms with Gasteiger partial charge in [0.25, 0.3) is 0 Å². The Kier molecular flexibility index (Phi) is 5.11. The van der Waals surface area contributed by atoms with E-state index in [9.17, 15) is 15.0 Å². The lowest BCUT2D eigenvalue weighted by atomic mass is 9.84. The number of esters is 1. The molecule has 3 aliphatic rings. The van der Waals surface area contributed by atoms with Crippen LogP contribution in [0.3, 0.4) is 0 Å². The maximum atomic E-state index is 12.0. The van der Waals surface area contributed by atoms with Crippen LogP contribution < -0.4 is 0 Å². The second kappa shape index (κ2) is 6.86. The van der Waals surface area contributed by atoms with Crippen molar-refractivity contribution in [3.63, 3.8) is 0 Å². The van der Waals surface area contributed by atoms with Crippen molar-refractivity contribution in [1.82, 2.24) is 0 Å². The molecule has 6 atom stereocenters. The second-order valence-electron chi connectivity index (χ2n) is 8.18. The molecule has 3 heterocycles. The van der Waals surface area contributed by atoms with Crippen LogP contribution in [0, 0.1) is 5.92 Å². The quantitative estimate of drug-likeness (QED) is 0.519. The predicted octanol–water partition coefficient (Wildman–Crippen LogP) is 2.65. The summed E-state index contributed by atoms with van der Waals surface area (Å²) in [4.78, 5) is 12.0. The van der Waals surface area contributed by atoms with Gasteiger partial charge >= 0.3 is 5.97 Å². The van der Waals surface area contributed by atoms with E-state index in [0.29, 0.717) is 29.9 Å². The highest BCUT2D eigenvalue weighted by molar-refractivity contribution is 5.92. The van der Waals surface area contributed by atoms with Gasteiger partial charge < -0.3 is 19.7 Å². The monoisotopic (exact) mass is 350 g/mol. The Bertz CT molecular complexity index is 607. The van der Waals surface area contributed by atoms with Gasteiger partial charge in [-0.2, -0.15) is 0 Å². The number of carbonyl (C=O) groups is 1. The number of aliphatic hydroxyl groups is 2. The minimum absolute atomic E-state index is 0.0913. The molecule has 3 aliphatic heterocycles. The lowest BCUT2D eigenvalue weighted by Gasteiger charge is -2.35. The number of fused-ring (bicyclic) bond motifs is 3. The van der Waals surface area contributed by atoms with E-state index in [2.05, 4.69) is 13.0 Å². The van der Waals surface area contributed by atoms with Crippen molar-refractivity contribution >= 4 is 5.97 Å². The molecule has 1 fully saturated rings. The zero-order valence-electron chi connectivity index (χ0n) is 15.6. The van der Waals surface area contributed by atoms with Gasteiger partial charge in [-0.3, -0.25) is 0 Å². The number of hydrogen-bond donors (Lipinski definition) is 2. The van der Waals surface area contributed by atoms with Crippen LogP contribution in [0.1, 0.15) is 59.8 Å². The van der Waals surface area contributed by atoms with Crippen LogP contribution in [0.4, 0.5) is 0 Å². The molecule has 0 aromatic rings. The molecule has 0 radical (unpaired) electrons. The highest BCUT2D eigenvalue weighted by Gasteiger charge is 2.49. The fraction of sp³-hybridized carbons (Fsp3) is 0.750. The summed E-state index contributed by atoms with van der Waals surface area (Å²) in [6.45, 7) is 7.73. The maximum absolute atomic E-state index is 12.0. The first-order chi connectivity index (χ1) is 11.7. The van der Waals surface area contributed by atoms with E-state index < -0.39 is 29.9 Å². The van der Waals surface area contributed by atoms with Crippen LogP contribution in [0.5, 0.6) is 0 Å². The Hall–Kier alpha value is -1.17. The van der Waals surface area contributed by atoms with Crippen molar-refractivity contribution in [2.75, 3.05) is 0 Å². The first-order valence-corrected chi connectivity index (χ1v) is 9.34. The highest BCUT2D eigenvalue weighted by atomic mass is 16.6. The Morgan fingerprint density at radius 2 is 1.96 bits per heavy atom. The van der Waals surface area contributed by atoms with E-state index in [1.165, 1.54) is 0 Å². The lowest BCUT2D eigenvalue weighted by molar-refractivity contribution is -0.146. The van der Waals surface area contributed by atoms with Gasteiger partial charge in [0.1, 0.15) is 18.3 Å². The lowest BCUT2D eigenvalue weighted by Crippen LogP contribution is -2.49. The molecular formula is C20H30O5. The second-order valence-corrected chi connectivity index (χ2v) is 8.18. The Morgan fingerprint density at radius 3 is 2.68 bits per heavy atom. The van der Waals surface area contributed by atoms with Crippen LogP contribution in [0.25, 0.3) is 0 Å². The Morgan fingerprint density at radius 1 is 1.24 bits per heavy atom. The average Bonchev–Trinajstić information content (AvgIpc) is 3.07. The van der Waals surface area contributed by atoms with E-state index in [1.54, 1.807) is 6.92 Å². The number of hydrogen-bond acceptors (Lipinski definition) is 5. The standard InChI is InChI=1S/C20H30O5/c1-11-6-5-7-12(2)14-8-9-20(4,25-14)18(22)17(21)16-13(3)19(23)24-15(16)10-11/h6,12,14-15,17-18,21-22H,5,7-10H2,1-4H3/b11-6+/t12-,14+,15+,17-,18+,20-/m0/s1. The van der Waals surface area contributed by atoms with E-state index in [-0.39, 0.29) is 6.10 Å². The molecule has 0 amide bonds. The molecule has 140 valence electrons. The molecule has 2 bridgehead atoms. The van der Waals surface area contributed by atoms with Crippen LogP contribution in [0.15, 0.2) is 22.8 Å². The van der Waals surface area contributed by atoms with E-state index in [4.69, 9.17) is 9.47 Å². The molecule has 0 aliphatic carbocycles. The van der Waals surface area contributed by atoms with Crippen molar-refractivity contribution in [2.45, 2.75) is 89.8 Å². The van der Waals surface area contributed by atoms with Gasteiger partial charge in [0.05, 0.1) is 11.7 Å². The first-order valence-electron chi connectivity index (χ1n) is 9.34. The molecule has 1 saturated heterocycles.